The molecule has 7 heteroatoms. The predicted octanol–water partition coefficient (Wildman–Crippen LogP) is 6.61. The Morgan fingerprint density at radius 2 is 1.77 bits per heavy atom. The van der Waals surface area contributed by atoms with Crippen LogP contribution in [-0.2, 0) is 23.3 Å². The largest absolute Gasteiger partial charge is 0.465 e. The number of carbonyl (C=O) groups is 2. The lowest BCUT2D eigenvalue weighted by Crippen LogP contribution is -2.15. The summed E-state index contributed by atoms with van der Waals surface area (Å²) in [6.45, 7) is 0. The van der Waals surface area contributed by atoms with Gasteiger partial charge in [-0.15, -0.1) is 23.1 Å². The number of anilines is 1. The summed E-state index contributed by atoms with van der Waals surface area (Å²) < 4.78 is 4.98. The van der Waals surface area contributed by atoms with E-state index in [2.05, 4.69) is 5.32 Å². The highest BCUT2D eigenvalue weighted by molar-refractivity contribution is 7.98. The first-order chi connectivity index (χ1) is 15.0. The summed E-state index contributed by atoms with van der Waals surface area (Å²) in [6, 6.07) is 15.3. The van der Waals surface area contributed by atoms with Gasteiger partial charge in [-0.05, 0) is 73.2 Å². The minimum absolute atomic E-state index is 0.222. The number of aryl methyl sites for hydroxylation is 1. The number of ether oxygens (including phenoxy) is 1. The molecular formula is C24H22ClNO3S2. The average Bonchev–Trinajstić information content (AvgIpc) is 3.16. The summed E-state index contributed by atoms with van der Waals surface area (Å²) in [5, 5.41) is 4.26. The maximum absolute atomic E-state index is 12.8. The second-order valence-electron chi connectivity index (χ2n) is 7.30. The van der Waals surface area contributed by atoms with Crippen molar-refractivity contribution in [3.63, 3.8) is 0 Å². The van der Waals surface area contributed by atoms with E-state index in [4.69, 9.17) is 16.3 Å². The molecule has 31 heavy (non-hydrogen) atoms. The smallest absolute Gasteiger partial charge is 0.341 e. The third-order valence-corrected chi connectivity index (χ3v) is 7.77. The Labute approximate surface area is 195 Å². The van der Waals surface area contributed by atoms with Gasteiger partial charge in [-0.25, -0.2) is 4.79 Å². The van der Waals surface area contributed by atoms with Gasteiger partial charge in [0.15, 0.2) is 0 Å². The number of nitrogens with one attached hydrogen (secondary N) is 1. The summed E-state index contributed by atoms with van der Waals surface area (Å²) in [7, 11) is 1.38. The van der Waals surface area contributed by atoms with Gasteiger partial charge >= 0.3 is 5.97 Å². The Morgan fingerprint density at radius 3 is 2.48 bits per heavy atom. The summed E-state index contributed by atoms with van der Waals surface area (Å²) in [5.74, 6) is 0.193. The molecule has 4 nitrogen and oxygen atoms in total. The Hall–Kier alpha value is -2.28. The molecule has 3 aromatic rings. The molecule has 1 heterocycles. The lowest BCUT2D eigenvalue weighted by Gasteiger charge is -2.11. The van der Waals surface area contributed by atoms with Gasteiger partial charge in [-0.2, -0.15) is 0 Å². The zero-order valence-electron chi connectivity index (χ0n) is 17.1. The number of hydrogen-bond donors (Lipinski definition) is 1. The van der Waals surface area contributed by atoms with Gasteiger partial charge in [-0.1, -0.05) is 23.7 Å². The number of thiophene rings is 1. The zero-order valence-corrected chi connectivity index (χ0v) is 19.5. The van der Waals surface area contributed by atoms with E-state index in [0.29, 0.717) is 16.1 Å². The highest BCUT2D eigenvalue weighted by atomic mass is 35.5. The van der Waals surface area contributed by atoms with Gasteiger partial charge in [0.25, 0.3) is 5.91 Å². The number of fused-ring (bicyclic) bond motifs is 1. The van der Waals surface area contributed by atoms with E-state index in [0.717, 1.165) is 52.5 Å². The Kier molecular flexibility index (Phi) is 7.00. The third-order valence-electron chi connectivity index (χ3n) is 5.22. The summed E-state index contributed by atoms with van der Waals surface area (Å²) >= 11 is 9.13. The van der Waals surface area contributed by atoms with Crippen LogP contribution in [0.15, 0.2) is 53.4 Å². The van der Waals surface area contributed by atoms with Crippen LogP contribution in [-0.4, -0.2) is 19.0 Å². The van der Waals surface area contributed by atoms with Gasteiger partial charge in [-0.3, -0.25) is 4.79 Å². The van der Waals surface area contributed by atoms with E-state index in [9.17, 15) is 9.59 Å². The number of amides is 1. The normalized spacial score (nSPS) is 12.8. The second-order valence-corrected chi connectivity index (χ2v) is 9.89. The molecule has 0 saturated carbocycles. The molecule has 0 spiro atoms. The van der Waals surface area contributed by atoms with Gasteiger partial charge in [0.1, 0.15) is 5.00 Å². The van der Waals surface area contributed by atoms with E-state index in [-0.39, 0.29) is 11.9 Å². The van der Waals surface area contributed by atoms with Crippen LogP contribution in [0.5, 0.6) is 0 Å². The Bertz CT molecular complexity index is 1090. The zero-order chi connectivity index (χ0) is 21.8. The Balaban J connectivity index is 1.45. The molecule has 0 radical (unpaired) electrons. The molecule has 0 unspecified atom stereocenters. The number of hydrogen-bond acceptors (Lipinski definition) is 5. The molecule has 0 aliphatic heterocycles. The van der Waals surface area contributed by atoms with Crippen molar-refractivity contribution in [3.05, 3.63) is 80.7 Å². The molecule has 0 saturated heterocycles. The third kappa shape index (κ3) is 5.14. The first-order valence-corrected chi connectivity index (χ1v) is 12.2. The van der Waals surface area contributed by atoms with Crippen molar-refractivity contribution in [3.8, 4) is 0 Å². The van der Waals surface area contributed by atoms with Gasteiger partial charge in [0.05, 0.1) is 12.7 Å². The molecular weight excluding hydrogens is 450 g/mol. The first kappa shape index (κ1) is 21.9. The fourth-order valence-electron chi connectivity index (χ4n) is 3.60. The minimum Gasteiger partial charge on any atom is -0.465 e. The SMILES string of the molecule is COC(=O)c1c(NC(=O)c2ccc(CSc3ccc(Cl)cc3)cc2)sc2c1CCCC2. The van der Waals surface area contributed by atoms with Crippen LogP contribution in [0, 0.1) is 0 Å². The van der Waals surface area contributed by atoms with Crippen molar-refractivity contribution in [1.82, 2.24) is 0 Å². The maximum atomic E-state index is 12.8. The van der Waals surface area contributed by atoms with Crippen molar-refractivity contribution in [1.29, 1.82) is 0 Å². The number of esters is 1. The molecule has 1 N–H and O–H groups in total. The van der Waals surface area contributed by atoms with Crippen LogP contribution in [0.25, 0.3) is 0 Å². The minimum atomic E-state index is -0.385. The van der Waals surface area contributed by atoms with Crippen molar-refractivity contribution in [2.75, 3.05) is 12.4 Å². The highest BCUT2D eigenvalue weighted by Gasteiger charge is 2.27. The fourth-order valence-corrected chi connectivity index (χ4v) is 5.85. The van der Waals surface area contributed by atoms with Gasteiger partial charge < -0.3 is 10.1 Å². The summed E-state index contributed by atoms with van der Waals surface area (Å²) in [6.07, 6.45) is 3.96. The van der Waals surface area contributed by atoms with Crippen molar-refractivity contribution < 1.29 is 14.3 Å². The maximum Gasteiger partial charge on any atom is 0.341 e. The van der Waals surface area contributed by atoms with E-state index in [1.807, 2.05) is 48.5 Å². The molecule has 1 aromatic heterocycles. The second kappa shape index (κ2) is 9.90. The number of methoxy groups -OCH3 is 1. The van der Waals surface area contributed by atoms with Crippen LogP contribution in [0.2, 0.25) is 5.02 Å². The van der Waals surface area contributed by atoms with Crippen LogP contribution < -0.4 is 5.32 Å². The number of carbonyl (C=O) groups excluding carboxylic acids is 2. The Morgan fingerprint density at radius 1 is 1.06 bits per heavy atom. The van der Waals surface area contributed by atoms with E-state index >= 15 is 0 Å². The monoisotopic (exact) mass is 471 g/mol. The standard InChI is InChI=1S/C24H22ClNO3S2/c1-29-24(28)21-19-4-2-3-5-20(19)31-23(21)26-22(27)16-8-6-15(7-9-16)14-30-18-12-10-17(25)11-13-18/h6-13H,2-5,14H2,1H3,(H,26,27). The summed E-state index contributed by atoms with van der Waals surface area (Å²) in [4.78, 5) is 27.5. The summed E-state index contributed by atoms with van der Waals surface area (Å²) in [5.41, 5.74) is 3.24. The van der Waals surface area contributed by atoms with Crippen molar-refractivity contribution >= 4 is 51.6 Å². The predicted molar refractivity (Wildman–Crippen MR) is 128 cm³/mol. The molecule has 0 atom stereocenters. The fraction of sp³-hybridized carbons (Fsp3) is 0.250. The molecule has 2 aromatic carbocycles. The molecule has 0 bridgehead atoms. The molecule has 0 fully saturated rings. The highest BCUT2D eigenvalue weighted by Crippen LogP contribution is 2.38. The number of benzene rings is 2. The van der Waals surface area contributed by atoms with Crippen LogP contribution in [0.1, 0.15) is 49.6 Å². The van der Waals surface area contributed by atoms with Crippen molar-refractivity contribution in [2.24, 2.45) is 0 Å². The van der Waals surface area contributed by atoms with Crippen molar-refractivity contribution in [2.45, 2.75) is 36.3 Å². The topological polar surface area (TPSA) is 55.4 Å². The molecule has 160 valence electrons. The molecule has 1 aliphatic carbocycles. The van der Waals surface area contributed by atoms with Crippen LogP contribution in [0.4, 0.5) is 5.00 Å². The first-order valence-electron chi connectivity index (χ1n) is 10.1. The van der Waals surface area contributed by atoms with Gasteiger partial charge in [0, 0.05) is 26.1 Å². The van der Waals surface area contributed by atoms with E-state index in [1.165, 1.54) is 23.3 Å². The number of halogens is 1. The number of thioether (sulfide) groups is 1. The molecule has 1 aliphatic rings. The molecule has 4 rings (SSSR count). The van der Waals surface area contributed by atoms with E-state index in [1.54, 1.807) is 11.8 Å². The average molecular weight is 472 g/mol. The lowest BCUT2D eigenvalue weighted by molar-refractivity contribution is 0.0601. The lowest BCUT2D eigenvalue weighted by atomic mass is 9.95. The molecule has 1 amide bonds. The van der Waals surface area contributed by atoms with E-state index < -0.39 is 0 Å². The van der Waals surface area contributed by atoms with Crippen LogP contribution >= 0.6 is 34.7 Å². The quantitative estimate of drug-likeness (QED) is 0.324. The van der Waals surface area contributed by atoms with Gasteiger partial charge in [0.2, 0.25) is 0 Å². The number of rotatable bonds is 6. The van der Waals surface area contributed by atoms with Crippen LogP contribution in [0.3, 0.4) is 0 Å².